The van der Waals surface area contributed by atoms with Gasteiger partial charge in [-0.1, -0.05) is 38.1 Å². The van der Waals surface area contributed by atoms with Crippen LogP contribution in [-0.4, -0.2) is 31.1 Å². The predicted molar refractivity (Wildman–Crippen MR) is 89.5 cm³/mol. The average molecular weight is 286 g/mol. The highest BCUT2D eigenvalue weighted by atomic mass is 15.2. The molecule has 1 aliphatic carbocycles. The zero-order valence-corrected chi connectivity index (χ0v) is 13.8. The Balaban J connectivity index is 1.73. The van der Waals surface area contributed by atoms with Crippen LogP contribution in [0.4, 0.5) is 0 Å². The Hall–Kier alpha value is -0.860. The third-order valence-corrected chi connectivity index (χ3v) is 5.73. The van der Waals surface area contributed by atoms with E-state index in [-0.39, 0.29) is 0 Å². The highest BCUT2D eigenvalue weighted by Crippen LogP contribution is 2.36. The summed E-state index contributed by atoms with van der Waals surface area (Å²) in [7, 11) is 2.12. The largest absolute Gasteiger partial charge is 0.312 e. The fourth-order valence-electron chi connectivity index (χ4n) is 4.40. The molecular weight excluding hydrogens is 256 g/mol. The number of hydrogen-bond acceptors (Lipinski definition) is 2. The lowest BCUT2D eigenvalue weighted by Crippen LogP contribution is -2.42. The van der Waals surface area contributed by atoms with Crippen molar-refractivity contribution in [2.45, 2.75) is 51.6 Å². The Kier molecular flexibility index (Phi) is 4.66. The van der Waals surface area contributed by atoms with Crippen molar-refractivity contribution < 1.29 is 0 Å². The van der Waals surface area contributed by atoms with E-state index in [2.05, 4.69) is 55.4 Å². The van der Waals surface area contributed by atoms with Crippen LogP contribution >= 0.6 is 0 Å². The van der Waals surface area contributed by atoms with Crippen molar-refractivity contribution in [1.29, 1.82) is 0 Å². The lowest BCUT2D eigenvalue weighted by atomic mass is 9.89. The minimum Gasteiger partial charge on any atom is -0.312 e. The number of fused-ring (bicyclic) bond motifs is 1. The van der Waals surface area contributed by atoms with Gasteiger partial charge in [-0.3, -0.25) is 4.90 Å². The summed E-state index contributed by atoms with van der Waals surface area (Å²) in [5.41, 5.74) is 3.07. The first-order chi connectivity index (χ1) is 10.2. The van der Waals surface area contributed by atoms with Gasteiger partial charge in [-0.05, 0) is 68.8 Å². The van der Waals surface area contributed by atoms with Gasteiger partial charge in [-0.2, -0.15) is 0 Å². The van der Waals surface area contributed by atoms with Crippen LogP contribution in [0.3, 0.4) is 0 Å². The average Bonchev–Trinajstić information content (AvgIpc) is 2.68. The van der Waals surface area contributed by atoms with Gasteiger partial charge in [0.1, 0.15) is 0 Å². The van der Waals surface area contributed by atoms with Gasteiger partial charge in [-0.15, -0.1) is 0 Å². The Labute approximate surface area is 129 Å². The second-order valence-corrected chi connectivity index (χ2v) is 7.21. The fourth-order valence-corrected chi connectivity index (χ4v) is 4.40. The zero-order chi connectivity index (χ0) is 14.8. The molecule has 3 rings (SSSR count). The summed E-state index contributed by atoms with van der Waals surface area (Å²) in [5.74, 6) is 1.76. The number of nitrogens with one attached hydrogen (secondary N) is 1. The van der Waals surface area contributed by atoms with Crippen LogP contribution in [0.1, 0.15) is 50.3 Å². The highest BCUT2D eigenvalue weighted by molar-refractivity contribution is 5.37. The van der Waals surface area contributed by atoms with E-state index in [4.69, 9.17) is 0 Å². The zero-order valence-electron chi connectivity index (χ0n) is 13.8. The smallest absolute Gasteiger partial charge is 0.0481 e. The van der Waals surface area contributed by atoms with Crippen LogP contribution in [0.15, 0.2) is 24.3 Å². The predicted octanol–water partition coefficient (Wildman–Crippen LogP) is 3.63. The summed E-state index contributed by atoms with van der Waals surface area (Å²) in [5, 5.41) is 3.58. The van der Waals surface area contributed by atoms with Gasteiger partial charge in [0, 0.05) is 12.1 Å². The quantitative estimate of drug-likeness (QED) is 0.913. The number of likely N-dealkylation sites (tertiary alicyclic amines) is 1. The number of nitrogens with zero attached hydrogens (tertiary/aromatic N) is 1. The van der Waals surface area contributed by atoms with E-state index >= 15 is 0 Å². The molecule has 1 aliphatic heterocycles. The first-order valence-corrected chi connectivity index (χ1v) is 8.70. The molecule has 1 aromatic rings. The van der Waals surface area contributed by atoms with E-state index in [9.17, 15) is 0 Å². The molecule has 2 aliphatic rings. The molecule has 1 aromatic carbocycles. The van der Waals surface area contributed by atoms with Crippen LogP contribution in [0.5, 0.6) is 0 Å². The van der Waals surface area contributed by atoms with E-state index in [1.807, 2.05) is 0 Å². The molecule has 0 radical (unpaired) electrons. The molecule has 1 saturated heterocycles. The number of benzene rings is 1. The van der Waals surface area contributed by atoms with Gasteiger partial charge >= 0.3 is 0 Å². The third kappa shape index (κ3) is 3.02. The SMILES string of the molecule is CNC1c2ccccc2CC1N1CCCC(C(C)C)CC1. The number of rotatable bonds is 3. The molecule has 3 unspecified atom stereocenters. The highest BCUT2D eigenvalue weighted by Gasteiger charge is 2.36. The molecule has 116 valence electrons. The van der Waals surface area contributed by atoms with E-state index in [1.54, 1.807) is 5.56 Å². The van der Waals surface area contributed by atoms with Crippen LogP contribution < -0.4 is 5.32 Å². The maximum Gasteiger partial charge on any atom is 0.0481 e. The van der Waals surface area contributed by atoms with Crippen molar-refractivity contribution in [3.8, 4) is 0 Å². The van der Waals surface area contributed by atoms with Gasteiger partial charge in [0.25, 0.3) is 0 Å². The molecule has 0 amide bonds. The molecule has 1 fully saturated rings. The Morgan fingerprint density at radius 2 is 1.95 bits per heavy atom. The van der Waals surface area contributed by atoms with Gasteiger partial charge in [0.2, 0.25) is 0 Å². The molecule has 3 atom stereocenters. The van der Waals surface area contributed by atoms with Crippen molar-refractivity contribution in [1.82, 2.24) is 10.2 Å². The Morgan fingerprint density at radius 1 is 1.14 bits per heavy atom. The summed E-state index contributed by atoms with van der Waals surface area (Å²) in [6.07, 6.45) is 5.37. The van der Waals surface area contributed by atoms with Crippen molar-refractivity contribution in [3.05, 3.63) is 35.4 Å². The van der Waals surface area contributed by atoms with Gasteiger partial charge in [0.05, 0.1) is 0 Å². The van der Waals surface area contributed by atoms with E-state index in [0.717, 1.165) is 11.8 Å². The maximum absolute atomic E-state index is 3.58. The molecule has 2 heteroatoms. The molecule has 0 aromatic heterocycles. The molecule has 0 spiro atoms. The molecule has 0 bridgehead atoms. The molecule has 21 heavy (non-hydrogen) atoms. The summed E-state index contributed by atoms with van der Waals surface area (Å²) < 4.78 is 0. The second kappa shape index (κ2) is 6.50. The van der Waals surface area contributed by atoms with Gasteiger partial charge in [0.15, 0.2) is 0 Å². The normalized spacial score (nSPS) is 30.4. The lowest BCUT2D eigenvalue weighted by Gasteiger charge is -2.32. The van der Waals surface area contributed by atoms with Crippen molar-refractivity contribution in [2.75, 3.05) is 20.1 Å². The first-order valence-electron chi connectivity index (χ1n) is 8.70. The monoisotopic (exact) mass is 286 g/mol. The van der Waals surface area contributed by atoms with Crippen molar-refractivity contribution >= 4 is 0 Å². The van der Waals surface area contributed by atoms with Gasteiger partial charge < -0.3 is 5.32 Å². The van der Waals surface area contributed by atoms with Crippen LogP contribution in [-0.2, 0) is 6.42 Å². The summed E-state index contributed by atoms with van der Waals surface area (Å²) in [6, 6.07) is 10.2. The van der Waals surface area contributed by atoms with E-state index < -0.39 is 0 Å². The molecule has 0 saturated carbocycles. The summed E-state index contributed by atoms with van der Waals surface area (Å²) >= 11 is 0. The van der Waals surface area contributed by atoms with Crippen LogP contribution in [0.2, 0.25) is 0 Å². The fraction of sp³-hybridized carbons (Fsp3) is 0.684. The summed E-state index contributed by atoms with van der Waals surface area (Å²) in [6.45, 7) is 7.34. The van der Waals surface area contributed by atoms with Crippen LogP contribution in [0.25, 0.3) is 0 Å². The van der Waals surface area contributed by atoms with E-state index in [1.165, 1.54) is 44.3 Å². The maximum atomic E-state index is 3.58. The minimum atomic E-state index is 0.511. The Bertz CT molecular complexity index is 468. The minimum absolute atomic E-state index is 0.511. The molecule has 1 heterocycles. The first kappa shape index (κ1) is 15.1. The van der Waals surface area contributed by atoms with E-state index in [0.29, 0.717) is 12.1 Å². The van der Waals surface area contributed by atoms with Crippen LogP contribution in [0, 0.1) is 11.8 Å². The van der Waals surface area contributed by atoms with Crippen molar-refractivity contribution in [3.63, 3.8) is 0 Å². The summed E-state index contributed by atoms with van der Waals surface area (Å²) in [4.78, 5) is 2.77. The second-order valence-electron chi connectivity index (χ2n) is 7.21. The topological polar surface area (TPSA) is 15.3 Å². The number of likely N-dealkylation sites (N-methyl/N-ethyl adjacent to an activating group) is 1. The van der Waals surface area contributed by atoms with Gasteiger partial charge in [-0.25, -0.2) is 0 Å². The Morgan fingerprint density at radius 3 is 2.71 bits per heavy atom. The number of hydrogen-bond donors (Lipinski definition) is 1. The molecule has 1 N–H and O–H groups in total. The standard InChI is InChI=1S/C19H30N2/c1-14(2)15-8-6-11-21(12-10-15)18-13-16-7-4-5-9-17(16)19(18)20-3/h4-5,7,9,14-15,18-20H,6,8,10-13H2,1-3H3. The lowest BCUT2D eigenvalue weighted by molar-refractivity contribution is 0.171. The van der Waals surface area contributed by atoms with Crippen molar-refractivity contribution in [2.24, 2.45) is 11.8 Å². The third-order valence-electron chi connectivity index (χ3n) is 5.73. The molecular formula is C19H30N2. The molecule has 2 nitrogen and oxygen atoms in total.